The number of nitrogens with one attached hydrogen (secondary N) is 1. The number of benzene rings is 2. The molecule has 0 aliphatic carbocycles. The number of rotatable bonds is 4. The van der Waals surface area contributed by atoms with E-state index < -0.39 is 20.0 Å². The lowest BCUT2D eigenvalue weighted by Gasteiger charge is -2.06. The lowest BCUT2D eigenvalue weighted by molar-refractivity contribution is 0.597. The van der Waals surface area contributed by atoms with E-state index in [-0.39, 0.29) is 15.6 Å². The highest BCUT2D eigenvalue weighted by Crippen LogP contribution is 2.15. The van der Waals surface area contributed by atoms with Crippen LogP contribution in [0, 0.1) is 0 Å². The van der Waals surface area contributed by atoms with Gasteiger partial charge in [-0.05, 0) is 60.7 Å². The smallest absolute Gasteiger partial charge is 0.263 e. The number of hydrogen-bond donors (Lipinski definition) is 4. The van der Waals surface area contributed by atoms with Crippen molar-refractivity contribution in [3.05, 3.63) is 72.9 Å². The summed E-state index contributed by atoms with van der Waals surface area (Å²) in [5, 5.41) is 4.84. The van der Waals surface area contributed by atoms with E-state index in [0.717, 1.165) is 0 Å². The summed E-state index contributed by atoms with van der Waals surface area (Å²) in [7, 11) is -7.17. The number of primary sulfonamides is 1. The molecule has 0 aliphatic heterocycles. The molecule has 0 saturated heterocycles. The summed E-state index contributed by atoms with van der Waals surface area (Å²) < 4.78 is 47.6. The molecule has 0 radical (unpaired) electrons. The third kappa shape index (κ3) is 6.23. The molecule has 0 fully saturated rings. The molecule has 1 heterocycles. The lowest BCUT2D eigenvalue weighted by Crippen LogP contribution is -2.13. The SMILES string of the molecule is Nc1ccc(S(=O)(=O)Nc2ccccn2)cc1.Nc1ccc(S(N)(=O)=O)cc1. The van der Waals surface area contributed by atoms with Crippen LogP contribution in [0.15, 0.2) is 82.7 Å². The second-order valence-electron chi connectivity index (χ2n) is 5.50. The summed E-state index contributed by atoms with van der Waals surface area (Å²) in [6.07, 6.45) is 1.51. The molecule has 9 nitrogen and oxygen atoms in total. The Morgan fingerprint density at radius 3 is 1.64 bits per heavy atom. The zero-order chi connectivity index (χ0) is 20.8. The van der Waals surface area contributed by atoms with Gasteiger partial charge < -0.3 is 11.5 Å². The van der Waals surface area contributed by atoms with Crippen molar-refractivity contribution in [1.82, 2.24) is 4.98 Å². The first-order chi connectivity index (χ1) is 13.1. The molecule has 0 aliphatic rings. The average molecular weight is 422 g/mol. The summed E-state index contributed by atoms with van der Waals surface area (Å²) >= 11 is 0. The molecule has 28 heavy (non-hydrogen) atoms. The van der Waals surface area contributed by atoms with Crippen LogP contribution in [-0.4, -0.2) is 21.8 Å². The van der Waals surface area contributed by atoms with Gasteiger partial charge in [0.2, 0.25) is 10.0 Å². The summed E-state index contributed by atoms with van der Waals surface area (Å²) in [5.74, 6) is 0.282. The predicted octanol–water partition coefficient (Wildman–Crippen LogP) is 1.38. The molecule has 11 heteroatoms. The minimum absolute atomic E-state index is 0.0756. The number of nitrogens with zero attached hydrogens (tertiary/aromatic N) is 1. The van der Waals surface area contributed by atoms with Crippen LogP contribution < -0.4 is 21.3 Å². The van der Waals surface area contributed by atoms with E-state index in [1.54, 1.807) is 18.2 Å². The number of nitrogens with two attached hydrogens (primary N) is 3. The van der Waals surface area contributed by atoms with Gasteiger partial charge in [-0.25, -0.2) is 27.0 Å². The molecule has 3 aromatic rings. The molecule has 0 bridgehead atoms. The number of anilines is 3. The van der Waals surface area contributed by atoms with Crippen molar-refractivity contribution in [1.29, 1.82) is 0 Å². The fraction of sp³-hybridized carbons (Fsp3) is 0. The Labute approximate surface area is 163 Å². The standard InChI is InChI=1S/C11H11N3O2S.C6H8N2O2S/c12-9-4-6-10(7-5-9)17(15,16)14-11-3-1-2-8-13-11;7-5-1-3-6(4-2-5)11(8,9)10/h1-8H,12H2,(H,13,14);1-4H,7H2,(H2,8,9,10). The second-order valence-corrected chi connectivity index (χ2v) is 8.75. The second kappa shape index (κ2) is 8.69. The molecule has 148 valence electrons. The average Bonchev–Trinajstić information content (AvgIpc) is 2.63. The van der Waals surface area contributed by atoms with Gasteiger partial charge >= 0.3 is 0 Å². The molecule has 0 atom stereocenters. The van der Waals surface area contributed by atoms with Gasteiger partial charge in [0.15, 0.2) is 0 Å². The van der Waals surface area contributed by atoms with Gasteiger partial charge in [-0.3, -0.25) is 4.72 Å². The Kier molecular flexibility index (Phi) is 6.57. The Morgan fingerprint density at radius 1 is 0.714 bits per heavy atom. The topological polar surface area (TPSA) is 171 Å². The first kappa shape index (κ1) is 21.2. The summed E-state index contributed by atoms with van der Waals surface area (Å²) in [5.41, 5.74) is 11.9. The van der Waals surface area contributed by atoms with Gasteiger partial charge in [0, 0.05) is 17.6 Å². The maximum Gasteiger partial charge on any atom is 0.263 e. The van der Waals surface area contributed by atoms with E-state index >= 15 is 0 Å². The maximum atomic E-state index is 11.9. The molecule has 0 amide bonds. The fourth-order valence-corrected chi connectivity index (χ4v) is 3.45. The van der Waals surface area contributed by atoms with Crippen LogP contribution >= 0.6 is 0 Å². The van der Waals surface area contributed by atoms with Crippen LogP contribution in [-0.2, 0) is 20.0 Å². The van der Waals surface area contributed by atoms with Crippen LogP contribution in [0.25, 0.3) is 0 Å². The van der Waals surface area contributed by atoms with Crippen LogP contribution in [0.1, 0.15) is 0 Å². The summed E-state index contributed by atoms with van der Waals surface area (Å²) in [6.45, 7) is 0. The monoisotopic (exact) mass is 421 g/mol. The molecule has 0 saturated carbocycles. The number of hydrogen-bond acceptors (Lipinski definition) is 7. The van der Waals surface area contributed by atoms with Gasteiger partial charge in [0.25, 0.3) is 10.0 Å². The third-order valence-corrected chi connectivity index (χ3v) is 5.60. The van der Waals surface area contributed by atoms with Crippen molar-refractivity contribution in [2.45, 2.75) is 9.79 Å². The van der Waals surface area contributed by atoms with Crippen molar-refractivity contribution in [2.24, 2.45) is 5.14 Å². The third-order valence-electron chi connectivity index (χ3n) is 3.30. The molecular weight excluding hydrogens is 402 g/mol. The van der Waals surface area contributed by atoms with E-state index in [9.17, 15) is 16.8 Å². The van der Waals surface area contributed by atoms with Crippen LogP contribution in [0.2, 0.25) is 0 Å². The molecule has 0 spiro atoms. The quantitative estimate of drug-likeness (QED) is 0.461. The fourth-order valence-electron chi connectivity index (χ4n) is 1.92. The minimum Gasteiger partial charge on any atom is -0.399 e. The molecule has 1 aromatic heterocycles. The molecule has 0 unspecified atom stereocenters. The van der Waals surface area contributed by atoms with Gasteiger partial charge in [0.05, 0.1) is 9.79 Å². The molecule has 7 N–H and O–H groups in total. The predicted molar refractivity (Wildman–Crippen MR) is 108 cm³/mol. The number of nitrogen functional groups attached to an aromatic ring is 2. The summed E-state index contributed by atoms with van der Waals surface area (Å²) in [6, 6.07) is 16.7. The highest BCUT2D eigenvalue weighted by atomic mass is 32.2. The van der Waals surface area contributed by atoms with Crippen LogP contribution in [0.3, 0.4) is 0 Å². The summed E-state index contributed by atoms with van der Waals surface area (Å²) in [4.78, 5) is 4.12. The first-order valence-corrected chi connectivity index (χ1v) is 10.8. The van der Waals surface area contributed by atoms with Crippen molar-refractivity contribution in [2.75, 3.05) is 16.2 Å². The van der Waals surface area contributed by atoms with Gasteiger partial charge in [0.1, 0.15) is 5.82 Å². The first-order valence-electron chi connectivity index (χ1n) is 7.76. The zero-order valence-electron chi connectivity index (χ0n) is 14.6. The van der Waals surface area contributed by atoms with Crippen molar-refractivity contribution in [3.8, 4) is 0 Å². The number of pyridine rings is 1. The Balaban J connectivity index is 0.000000221. The van der Waals surface area contributed by atoms with Gasteiger partial charge in [-0.2, -0.15) is 0 Å². The van der Waals surface area contributed by atoms with Crippen LogP contribution in [0.4, 0.5) is 17.2 Å². The molecule has 2 aromatic carbocycles. The van der Waals surface area contributed by atoms with Crippen molar-refractivity contribution in [3.63, 3.8) is 0 Å². The number of sulfonamides is 2. The lowest BCUT2D eigenvalue weighted by atomic mass is 10.3. The van der Waals surface area contributed by atoms with Gasteiger partial charge in [-0.15, -0.1) is 0 Å². The van der Waals surface area contributed by atoms with Gasteiger partial charge in [-0.1, -0.05) is 6.07 Å². The Bertz CT molecular complexity index is 1120. The highest BCUT2D eigenvalue weighted by molar-refractivity contribution is 7.92. The normalized spacial score (nSPS) is 11.2. The maximum absolute atomic E-state index is 11.9. The molecule has 3 rings (SSSR count). The van der Waals surface area contributed by atoms with E-state index in [2.05, 4.69) is 9.71 Å². The molecular formula is C17H19N5O4S2. The Morgan fingerprint density at radius 2 is 1.21 bits per heavy atom. The van der Waals surface area contributed by atoms with E-state index in [4.69, 9.17) is 16.6 Å². The van der Waals surface area contributed by atoms with Crippen molar-refractivity contribution >= 4 is 37.2 Å². The highest BCUT2D eigenvalue weighted by Gasteiger charge is 2.13. The van der Waals surface area contributed by atoms with Crippen molar-refractivity contribution < 1.29 is 16.8 Å². The Hall–Kier alpha value is -3.15. The largest absolute Gasteiger partial charge is 0.399 e. The minimum atomic E-state index is -3.60. The van der Waals surface area contributed by atoms with E-state index in [0.29, 0.717) is 11.4 Å². The van der Waals surface area contributed by atoms with Crippen LogP contribution in [0.5, 0.6) is 0 Å². The van der Waals surface area contributed by atoms with E-state index in [1.807, 2.05) is 0 Å². The zero-order valence-corrected chi connectivity index (χ0v) is 16.2. The number of aromatic nitrogens is 1. The van der Waals surface area contributed by atoms with E-state index in [1.165, 1.54) is 54.7 Å².